The van der Waals surface area contributed by atoms with Crippen molar-refractivity contribution in [1.29, 1.82) is 0 Å². The maximum atomic E-state index is 4.91. The third kappa shape index (κ3) is 2.88. The van der Waals surface area contributed by atoms with Crippen LogP contribution in [0.15, 0.2) is 36.4 Å². The Morgan fingerprint density at radius 2 is 2.00 bits per heavy atom. The van der Waals surface area contributed by atoms with Crippen molar-refractivity contribution in [1.82, 2.24) is 10.3 Å². The van der Waals surface area contributed by atoms with E-state index in [1.165, 1.54) is 43.4 Å². The van der Waals surface area contributed by atoms with Crippen LogP contribution >= 0.6 is 0 Å². The second-order valence-corrected chi connectivity index (χ2v) is 6.46. The van der Waals surface area contributed by atoms with Crippen molar-refractivity contribution in [2.45, 2.75) is 31.7 Å². The molecule has 3 nitrogen and oxygen atoms in total. The Hall–Kier alpha value is -1.61. The van der Waals surface area contributed by atoms with Crippen molar-refractivity contribution >= 4 is 16.7 Å². The predicted octanol–water partition coefficient (Wildman–Crippen LogP) is 3.20. The lowest BCUT2D eigenvalue weighted by atomic mass is 9.99. The summed E-state index contributed by atoms with van der Waals surface area (Å²) in [6.45, 7) is 3.51. The smallest absolute Gasteiger partial charge is 0.129 e. The first kappa shape index (κ1) is 13.1. The molecule has 2 aliphatic rings. The van der Waals surface area contributed by atoms with E-state index >= 15 is 0 Å². The van der Waals surface area contributed by atoms with Crippen molar-refractivity contribution in [3.8, 4) is 0 Å². The van der Waals surface area contributed by atoms with Crippen molar-refractivity contribution in [2.24, 2.45) is 5.92 Å². The molecule has 110 valence electrons. The molecule has 2 heterocycles. The highest BCUT2D eigenvalue weighted by atomic mass is 15.2. The van der Waals surface area contributed by atoms with E-state index in [2.05, 4.69) is 46.6 Å². The molecule has 2 fully saturated rings. The highest BCUT2D eigenvalue weighted by Gasteiger charge is 2.32. The summed E-state index contributed by atoms with van der Waals surface area (Å²) < 4.78 is 0. The van der Waals surface area contributed by atoms with Crippen LogP contribution in [0, 0.1) is 5.92 Å². The molecule has 0 amide bonds. The van der Waals surface area contributed by atoms with E-state index in [1.807, 2.05) is 0 Å². The van der Waals surface area contributed by atoms with Crippen LogP contribution in [0.25, 0.3) is 10.9 Å². The standard InChI is InChI=1S/C18H23N3/c1-2-6-17-15(5-1)7-10-18(20-17)21(16-8-9-16)13-14-4-3-11-19-12-14/h1-2,5-7,10,14,16,19H,3-4,8-9,11-13H2. The number of aromatic nitrogens is 1. The summed E-state index contributed by atoms with van der Waals surface area (Å²) in [5, 5.41) is 4.77. The average Bonchev–Trinajstić information content (AvgIpc) is 3.38. The lowest BCUT2D eigenvalue weighted by Gasteiger charge is -2.31. The molecule has 1 atom stereocenters. The number of hydrogen-bond acceptors (Lipinski definition) is 3. The fourth-order valence-corrected chi connectivity index (χ4v) is 3.39. The second kappa shape index (κ2) is 5.64. The molecule has 3 heteroatoms. The lowest BCUT2D eigenvalue weighted by molar-refractivity contribution is 0.375. The van der Waals surface area contributed by atoms with E-state index in [4.69, 9.17) is 4.98 Å². The topological polar surface area (TPSA) is 28.2 Å². The Morgan fingerprint density at radius 3 is 2.81 bits per heavy atom. The van der Waals surface area contributed by atoms with E-state index < -0.39 is 0 Å². The first-order valence-electron chi connectivity index (χ1n) is 8.23. The Labute approximate surface area is 126 Å². The quantitative estimate of drug-likeness (QED) is 0.933. The maximum Gasteiger partial charge on any atom is 0.129 e. The highest BCUT2D eigenvalue weighted by Crippen LogP contribution is 2.32. The number of anilines is 1. The van der Waals surface area contributed by atoms with Gasteiger partial charge in [-0.25, -0.2) is 4.98 Å². The zero-order chi connectivity index (χ0) is 14.1. The highest BCUT2D eigenvalue weighted by molar-refractivity contribution is 5.80. The van der Waals surface area contributed by atoms with Crippen LogP contribution in [0.1, 0.15) is 25.7 Å². The number of para-hydroxylation sites is 1. The Balaban J connectivity index is 1.59. The van der Waals surface area contributed by atoms with Gasteiger partial charge in [-0.3, -0.25) is 0 Å². The van der Waals surface area contributed by atoms with Crippen LogP contribution in [-0.4, -0.2) is 30.7 Å². The number of rotatable bonds is 4. The Bertz CT molecular complexity index is 615. The van der Waals surface area contributed by atoms with Crippen LogP contribution in [0.4, 0.5) is 5.82 Å². The van der Waals surface area contributed by atoms with Gasteiger partial charge in [0.2, 0.25) is 0 Å². The maximum absolute atomic E-state index is 4.91. The second-order valence-electron chi connectivity index (χ2n) is 6.46. The minimum absolute atomic E-state index is 0.723. The normalized spacial score (nSPS) is 22.4. The average molecular weight is 281 g/mol. The number of pyridine rings is 1. The fourth-order valence-electron chi connectivity index (χ4n) is 3.39. The minimum atomic E-state index is 0.723. The van der Waals surface area contributed by atoms with Gasteiger partial charge >= 0.3 is 0 Å². The third-order valence-corrected chi connectivity index (χ3v) is 4.72. The Kier molecular flexibility index (Phi) is 3.52. The summed E-state index contributed by atoms with van der Waals surface area (Å²) in [5.41, 5.74) is 1.11. The molecule has 4 rings (SSSR count). The molecule has 1 saturated heterocycles. The van der Waals surface area contributed by atoms with Crippen LogP contribution < -0.4 is 10.2 Å². The third-order valence-electron chi connectivity index (χ3n) is 4.72. The molecule has 1 unspecified atom stereocenters. The molecule has 1 aliphatic carbocycles. The molecule has 1 aromatic heterocycles. The molecule has 1 saturated carbocycles. The van der Waals surface area contributed by atoms with Crippen LogP contribution in [0.3, 0.4) is 0 Å². The first-order valence-corrected chi connectivity index (χ1v) is 8.23. The number of hydrogen-bond donors (Lipinski definition) is 1. The van der Waals surface area contributed by atoms with Gasteiger partial charge in [-0.2, -0.15) is 0 Å². The first-order chi connectivity index (χ1) is 10.4. The minimum Gasteiger partial charge on any atom is -0.353 e. The largest absolute Gasteiger partial charge is 0.353 e. The van der Waals surface area contributed by atoms with E-state index in [9.17, 15) is 0 Å². The Morgan fingerprint density at radius 1 is 1.10 bits per heavy atom. The molecule has 1 aliphatic heterocycles. The van der Waals surface area contributed by atoms with E-state index in [0.29, 0.717) is 0 Å². The fraction of sp³-hybridized carbons (Fsp3) is 0.500. The summed E-state index contributed by atoms with van der Waals surface area (Å²) in [7, 11) is 0. The predicted molar refractivity (Wildman–Crippen MR) is 87.7 cm³/mol. The summed E-state index contributed by atoms with van der Waals surface area (Å²) in [6.07, 6.45) is 5.32. The molecule has 2 aromatic rings. The van der Waals surface area contributed by atoms with Gasteiger partial charge in [0.15, 0.2) is 0 Å². The summed E-state index contributed by atoms with van der Waals surface area (Å²) in [4.78, 5) is 7.47. The molecule has 0 bridgehead atoms. The zero-order valence-corrected chi connectivity index (χ0v) is 12.5. The zero-order valence-electron chi connectivity index (χ0n) is 12.5. The number of nitrogens with zero attached hydrogens (tertiary/aromatic N) is 2. The van der Waals surface area contributed by atoms with Gasteiger partial charge in [0.05, 0.1) is 5.52 Å². The van der Waals surface area contributed by atoms with Gasteiger partial charge < -0.3 is 10.2 Å². The van der Waals surface area contributed by atoms with Crippen molar-refractivity contribution in [2.75, 3.05) is 24.5 Å². The monoisotopic (exact) mass is 281 g/mol. The van der Waals surface area contributed by atoms with Gasteiger partial charge in [-0.15, -0.1) is 0 Å². The van der Waals surface area contributed by atoms with Gasteiger partial charge in [-0.1, -0.05) is 18.2 Å². The summed E-state index contributed by atoms with van der Waals surface area (Å²) >= 11 is 0. The van der Waals surface area contributed by atoms with Crippen molar-refractivity contribution in [3.05, 3.63) is 36.4 Å². The van der Waals surface area contributed by atoms with Crippen LogP contribution in [0.5, 0.6) is 0 Å². The molecule has 0 radical (unpaired) electrons. The number of piperidine rings is 1. The molecule has 0 spiro atoms. The van der Waals surface area contributed by atoms with Gasteiger partial charge in [0, 0.05) is 18.0 Å². The molecular formula is C18H23N3. The molecule has 21 heavy (non-hydrogen) atoms. The van der Waals surface area contributed by atoms with Gasteiger partial charge in [0.25, 0.3) is 0 Å². The SMILES string of the molecule is c1ccc2nc(N(CC3CCCNC3)C3CC3)ccc2c1. The molecule has 1 N–H and O–H groups in total. The lowest BCUT2D eigenvalue weighted by Crippen LogP contribution is -2.39. The van der Waals surface area contributed by atoms with Gasteiger partial charge in [-0.05, 0) is 62.9 Å². The van der Waals surface area contributed by atoms with Crippen molar-refractivity contribution in [3.63, 3.8) is 0 Å². The number of nitrogens with one attached hydrogen (secondary N) is 1. The molecular weight excluding hydrogens is 258 g/mol. The number of benzene rings is 1. The van der Waals surface area contributed by atoms with E-state index in [0.717, 1.165) is 30.6 Å². The number of fused-ring (bicyclic) bond motifs is 1. The van der Waals surface area contributed by atoms with E-state index in [1.54, 1.807) is 0 Å². The van der Waals surface area contributed by atoms with E-state index in [-0.39, 0.29) is 0 Å². The van der Waals surface area contributed by atoms with Crippen LogP contribution in [0.2, 0.25) is 0 Å². The van der Waals surface area contributed by atoms with Gasteiger partial charge in [0.1, 0.15) is 5.82 Å². The summed E-state index contributed by atoms with van der Waals surface area (Å²) in [6, 6.07) is 13.6. The van der Waals surface area contributed by atoms with Crippen molar-refractivity contribution < 1.29 is 0 Å². The molecule has 1 aromatic carbocycles. The summed E-state index contributed by atoms with van der Waals surface area (Å²) in [5.74, 6) is 1.94. The van der Waals surface area contributed by atoms with Crippen LogP contribution in [-0.2, 0) is 0 Å².